The number of nitrogens with one attached hydrogen (secondary N) is 1. The van der Waals surface area contributed by atoms with E-state index in [0.29, 0.717) is 52.5 Å². The second kappa shape index (κ2) is 13.1. The van der Waals surface area contributed by atoms with Gasteiger partial charge in [-0.25, -0.2) is 23.8 Å². The fourth-order valence-electron chi connectivity index (χ4n) is 5.95. The zero-order valence-electron chi connectivity index (χ0n) is 27.6. The first-order chi connectivity index (χ1) is 23.2. The molecule has 15 heteroatoms. The summed E-state index contributed by atoms with van der Waals surface area (Å²) in [6.07, 6.45) is 0.899. The van der Waals surface area contributed by atoms with E-state index < -0.39 is 34.9 Å². The SMILES string of the molecule is Cc1oc(=O)oc1COC(=O)c1ccc2c3nc(N4CCC[C@@H](NC(=O)OC(C)(C)C)C4)n(Cc4cc(F)ccc4Cl)c3c(=O)n(C)c2c1. The molecular formula is C34H35ClFN5O8. The topological polar surface area (TPSA) is 151 Å². The lowest BCUT2D eigenvalue weighted by molar-refractivity contribution is 0.0441. The van der Waals surface area contributed by atoms with Gasteiger partial charge in [-0.15, -0.1) is 0 Å². The maximum Gasteiger partial charge on any atom is 0.519 e. The summed E-state index contributed by atoms with van der Waals surface area (Å²) in [7, 11) is 1.58. The number of imidazole rings is 1. The summed E-state index contributed by atoms with van der Waals surface area (Å²) in [4.78, 5) is 58.0. The number of halogens is 2. The summed E-state index contributed by atoms with van der Waals surface area (Å²) in [5.74, 6) is -1.35. The van der Waals surface area contributed by atoms with Gasteiger partial charge in [-0.2, -0.15) is 0 Å². The summed E-state index contributed by atoms with van der Waals surface area (Å²) in [5.41, 5.74) is 0.587. The number of piperidine rings is 1. The quantitative estimate of drug-likeness (QED) is 0.218. The summed E-state index contributed by atoms with van der Waals surface area (Å²) >= 11 is 6.49. The van der Waals surface area contributed by atoms with Crippen molar-refractivity contribution in [3.05, 3.63) is 90.9 Å². The number of alkyl carbamates (subject to hydrolysis) is 1. The molecule has 0 unspecified atom stereocenters. The number of anilines is 1. The molecule has 0 bridgehead atoms. The summed E-state index contributed by atoms with van der Waals surface area (Å²) in [6, 6.07) is 8.54. The Morgan fingerprint density at radius 1 is 1.14 bits per heavy atom. The van der Waals surface area contributed by atoms with Gasteiger partial charge in [-0.3, -0.25) is 4.79 Å². The molecule has 6 rings (SSSR count). The average Bonchev–Trinajstić information content (AvgIpc) is 3.57. The van der Waals surface area contributed by atoms with Crippen molar-refractivity contribution in [1.82, 2.24) is 19.4 Å². The third kappa shape index (κ3) is 7.05. The van der Waals surface area contributed by atoms with E-state index in [0.717, 1.165) is 6.42 Å². The van der Waals surface area contributed by atoms with E-state index in [4.69, 9.17) is 34.9 Å². The molecule has 1 amide bonds. The molecule has 13 nitrogen and oxygen atoms in total. The van der Waals surface area contributed by atoms with Gasteiger partial charge in [-0.1, -0.05) is 11.6 Å². The largest absolute Gasteiger partial charge is 0.519 e. The number of rotatable bonds is 7. The Bertz CT molecular complexity index is 2210. The van der Waals surface area contributed by atoms with E-state index in [1.165, 1.54) is 35.8 Å². The van der Waals surface area contributed by atoms with E-state index in [9.17, 15) is 23.6 Å². The van der Waals surface area contributed by atoms with Gasteiger partial charge in [0, 0.05) is 36.6 Å². The number of amides is 1. The van der Waals surface area contributed by atoms with E-state index >= 15 is 0 Å². The molecule has 258 valence electrons. The molecule has 0 spiro atoms. The molecule has 1 saturated heterocycles. The zero-order chi connectivity index (χ0) is 35.2. The number of carbonyl (C=O) groups excluding carboxylic acids is 2. The zero-order valence-corrected chi connectivity index (χ0v) is 28.4. The van der Waals surface area contributed by atoms with E-state index in [1.807, 2.05) is 4.90 Å². The van der Waals surface area contributed by atoms with Crippen molar-refractivity contribution in [1.29, 1.82) is 0 Å². The van der Waals surface area contributed by atoms with Crippen LogP contribution in [0, 0.1) is 12.7 Å². The molecule has 2 aromatic carbocycles. The number of ether oxygens (including phenoxy) is 2. The summed E-state index contributed by atoms with van der Waals surface area (Å²) in [5, 5.41) is 3.84. The monoisotopic (exact) mass is 695 g/mol. The lowest BCUT2D eigenvalue weighted by atomic mass is 10.1. The summed E-state index contributed by atoms with van der Waals surface area (Å²) in [6.45, 7) is 7.57. The Morgan fingerprint density at radius 2 is 1.92 bits per heavy atom. The highest BCUT2D eigenvalue weighted by Gasteiger charge is 2.29. The third-order valence-electron chi connectivity index (χ3n) is 8.24. The fraction of sp³-hybridized carbons (Fsp3) is 0.382. The Balaban J connectivity index is 1.41. The minimum atomic E-state index is -0.897. The van der Waals surface area contributed by atoms with Crippen molar-refractivity contribution in [2.75, 3.05) is 18.0 Å². The molecule has 0 radical (unpaired) electrons. The van der Waals surface area contributed by atoms with Crippen LogP contribution in [-0.4, -0.2) is 50.9 Å². The van der Waals surface area contributed by atoms with Crippen molar-refractivity contribution in [2.45, 2.75) is 65.3 Å². The van der Waals surface area contributed by atoms with Crippen LogP contribution in [0.5, 0.6) is 0 Å². The van der Waals surface area contributed by atoms with E-state index in [1.54, 1.807) is 44.5 Å². The van der Waals surface area contributed by atoms with Gasteiger partial charge in [0.1, 0.15) is 22.5 Å². The smallest absolute Gasteiger partial charge is 0.454 e. The molecule has 5 aromatic rings. The number of fused-ring (bicyclic) bond motifs is 3. The van der Waals surface area contributed by atoms with Crippen molar-refractivity contribution < 1.29 is 32.3 Å². The molecule has 1 N–H and O–H groups in total. The number of carbonyl (C=O) groups is 2. The molecule has 1 fully saturated rings. The van der Waals surface area contributed by atoms with Crippen LogP contribution >= 0.6 is 11.6 Å². The Morgan fingerprint density at radius 3 is 2.63 bits per heavy atom. The first-order valence-electron chi connectivity index (χ1n) is 15.7. The number of hydrogen-bond donors (Lipinski definition) is 1. The van der Waals surface area contributed by atoms with Crippen molar-refractivity contribution >= 4 is 51.5 Å². The average molecular weight is 696 g/mol. The molecule has 1 aliphatic rings. The predicted molar refractivity (Wildman–Crippen MR) is 179 cm³/mol. The van der Waals surface area contributed by atoms with Gasteiger partial charge in [-0.05, 0) is 82.5 Å². The second-order valence-electron chi connectivity index (χ2n) is 13.0. The molecule has 1 aliphatic heterocycles. The van der Waals surface area contributed by atoms with E-state index in [2.05, 4.69) is 5.32 Å². The fourth-order valence-corrected chi connectivity index (χ4v) is 6.13. The number of esters is 1. The normalized spacial score (nSPS) is 15.2. The number of pyridine rings is 1. The van der Waals surface area contributed by atoms with Gasteiger partial charge >= 0.3 is 17.9 Å². The van der Waals surface area contributed by atoms with E-state index in [-0.39, 0.29) is 41.8 Å². The first-order valence-corrected chi connectivity index (χ1v) is 16.0. The molecule has 0 saturated carbocycles. The van der Waals surface area contributed by atoms with Gasteiger partial charge in [0.25, 0.3) is 5.56 Å². The molecular weight excluding hydrogens is 661 g/mol. The highest BCUT2D eigenvalue weighted by molar-refractivity contribution is 6.31. The van der Waals surface area contributed by atoms with Crippen molar-refractivity contribution in [3.63, 3.8) is 0 Å². The van der Waals surface area contributed by atoms with Gasteiger partial charge < -0.3 is 37.7 Å². The minimum Gasteiger partial charge on any atom is -0.454 e. The number of aryl methyl sites for hydroxylation is 2. The first kappa shape index (κ1) is 33.8. The number of nitrogens with zero attached hydrogens (tertiary/aromatic N) is 4. The van der Waals surface area contributed by atoms with Crippen LogP contribution in [0.3, 0.4) is 0 Å². The maximum atomic E-state index is 14.4. The van der Waals surface area contributed by atoms with Gasteiger partial charge in [0.15, 0.2) is 18.1 Å². The minimum absolute atomic E-state index is 0.0395. The van der Waals surface area contributed by atoms with Crippen LogP contribution in [0.4, 0.5) is 15.1 Å². The highest BCUT2D eigenvalue weighted by atomic mass is 35.5. The lowest BCUT2D eigenvalue weighted by Gasteiger charge is -2.34. The highest BCUT2D eigenvalue weighted by Crippen LogP contribution is 2.31. The maximum absolute atomic E-state index is 14.4. The third-order valence-corrected chi connectivity index (χ3v) is 8.60. The molecule has 4 heterocycles. The van der Waals surface area contributed by atoms with Crippen molar-refractivity contribution in [3.8, 4) is 0 Å². The Kier molecular flexibility index (Phi) is 9.01. The van der Waals surface area contributed by atoms with Gasteiger partial charge in [0.2, 0.25) is 5.95 Å². The predicted octanol–water partition coefficient (Wildman–Crippen LogP) is 5.43. The van der Waals surface area contributed by atoms with Crippen molar-refractivity contribution in [2.24, 2.45) is 7.05 Å². The van der Waals surface area contributed by atoms with Crippen LogP contribution in [0.25, 0.3) is 21.9 Å². The van der Waals surface area contributed by atoms with Crippen LogP contribution in [0.1, 0.15) is 61.1 Å². The standard InChI is InChI=1S/C34H35ClFN5O8/c1-18-26(48-33(45)47-18)17-46-30(43)19-8-10-23-25(14-19)39(5)29(42)28-27(23)38-31(41(28)15-20-13-21(36)9-11-24(20)35)40-12-6-7-22(16-40)37-32(44)49-34(2,3)4/h8-11,13-14,22H,6-7,12,15-17H2,1-5H3,(H,37,44)/t22-/m1/s1. The van der Waals surface area contributed by atoms with Crippen LogP contribution < -0.4 is 21.6 Å². The Hall–Kier alpha value is -5.11. The molecule has 1 atom stereocenters. The summed E-state index contributed by atoms with van der Waals surface area (Å²) < 4.78 is 38.0. The van der Waals surface area contributed by atoms with Crippen LogP contribution in [0.15, 0.2) is 54.8 Å². The number of aromatic nitrogens is 3. The lowest BCUT2D eigenvalue weighted by Crippen LogP contribution is -2.49. The molecule has 3 aromatic heterocycles. The number of benzene rings is 2. The number of hydrogen-bond acceptors (Lipinski definition) is 10. The van der Waals surface area contributed by atoms with Crippen LogP contribution in [0.2, 0.25) is 5.02 Å². The molecule has 49 heavy (non-hydrogen) atoms. The molecule has 0 aliphatic carbocycles. The van der Waals surface area contributed by atoms with Gasteiger partial charge in [0.05, 0.1) is 17.6 Å². The van der Waals surface area contributed by atoms with Crippen LogP contribution in [-0.2, 0) is 29.7 Å². The second-order valence-corrected chi connectivity index (χ2v) is 13.4. The Labute approximate surface area is 284 Å².